The molecular formula is C11H17NS. The molecule has 1 aliphatic rings. The molecule has 1 aliphatic carbocycles. The normalized spacial score (nSPS) is 18.3. The Morgan fingerprint density at radius 2 is 2.23 bits per heavy atom. The molecule has 0 fully saturated rings. The Hall–Kier alpha value is -0.340. The van der Waals surface area contributed by atoms with E-state index in [9.17, 15) is 0 Å². The second kappa shape index (κ2) is 3.81. The molecule has 13 heavy (non-hydrogen) atoms. The van der Waals surface area contributed by atoms with E-state index in [1.807, 2.05) is 11.3 Å². The first kappa shape index (κ1) is 9.22. The average Bonchev–Trinajstić information content (AvgIpc) is 2.44. The van der Waals surface area contributed by atoms with Crippen LogP contribution in [0.15, 0.2) is 6.07 Å². The molecule has 0 aromatic carbocycles. The van der Waals surface area contributed by atoms with Gasteiger partial charge in [0.25, 0.3) is 0 Å². The van der Waals surface area contributed by atoms with E-state index in [4.69, 9.17) is 5.73 Å². The Morgan fingerprint density at radius 3 is 2.92 bits per heavy atom. The molecule has 0 saturated heterocycles. The minimum Gasteiger partial charge on any atom is -0.328 e. The Kier molecular flexibility index (Phi) is 2.70. The van der Waals surface area contributed by atoms with E-state index in [2.05, 4.69) is 13.0 Å². The molecule has 1 atom stereocenters. The fourth-order valence-corrected chi connectivity index (χ4v) is 3.37. The van der Waals surface area contributed by atoms with Crippen molar-refractivity contribution in [3.63, 3.8) is 0 Å². The van der Waals surface area contributed by atoms with Gasteiger partial charge in [-0.3, -0.25) is 0 Å². The largest absolute Gasteiger partial charge is 0.328 e. The van der Waals surface area contributed by atoms with Crippen molar-refractivity contribution in [2.75, 3.05) is 0 Å². The van der Waals surface area contributed by atoms with Crippen molar-refractivity contribution in [1.29, 1.82) is 0 Å². The van der Waals surface area contributed by atoms with Crippen LogP contribution in [0.5, 0.6) is 0 Å². The lowest BCUT2D eigenvalue weighted by molar-refractivity contribution is 0.696. The lowest BCUT2D eigenvalue weighted by Gasteiger charge is -2.08. The van der Waals surface area contributed by atoms with Gasteiger partial charge in [0.05, 0.1) is 0 Å². The number of hydrogen-bond acceptors (Lipinski definition) is 2. The second-order valence-electron chi connectivity index (χ2n) is 4.05. The molecule has 0 aliphatic heterocycles. The van der Waals surface area contributed by atoms with E-state index < -0.39 is 0 Å². The number of nitrogens with two attached hydrogens (primary N) is 1. The average molecular weight is 195 g/mol. The van der Waals surface area contributed by atoms with Crippen molar-refractivity contribution in [2.45, 2.75) is 45.1 Å². The molecule has 2 heteroatoms. The number of aryl methyl sites for hydroxylation is 2. The number of fused-ring (bicyclic) bond motifs is 1. The molecule has 1 aromatic heterocycles. The van der Waals surface area contributed by atoms with Gasteiger partial charge in [0, 0.05) is 15.8 Å². The third kappa shape index (κ3) is 2.12. The number of hydrogen-bond donors (Lipinski definition) is 1. The van der Waals surface area contributed by atoms with Crippen molar-refractivity contribution in [2.24, 2.45) is 5.73 Å². The summed E-state index contributed by atoms with van der Waals surface area (Å²) in [7, 11) is 0. The van der Waals surface area contributed by atoms with Crippen molar-refractivity contribution < 1.29 is 0 Å². The highest BCUT2D eigenvalue weighted by molar-refractivity contribution is 7.12. The van der Waals surface area contributed by atoms with E-state index in [0.29, 0.717) is 6.04 Å². The SMILES string of the molecule is C[C@H](N)Cc1cc2c(s1)CCCC2. The molecule has 0 saturated carbocycles. The molecule has 0 radical (unpaired) electrons. The molecule has 0 bridgehead atoms. The molecule has 2 rings (SSSR count). The summed E-state index contributed by atoms with van der Waals surface area (Å²) in [5.41, 5.74) is 7.39. The second-order valence-corrected chi connectivity index (χ2v) is 5.27. The van der Waals surface area contributed by atoms with Crippen molar-refractivity contribution >= 4 is 11.3 Å². The van der Waals surface area contributed by atoms with Crippen LogP contribution < -0.4 is 5.73 Å². The summed E-state index contributed by atoms with van der Waals surface area (Å²) in [6.07, 6.45) is 6.41. The van der Waals surface area contributed by atoms with Crippen LogP contribution in [0.4, 0.5) is 0 Å². The fourth-order valence-electron chi connectivity index (χ4n) is 1.97. The van der Waals surface area contributed by atoms with Crippen LogP contribution in [0.2, 0.25) is 0 Å². The zero-order valence-corrected chi connectivity index (χ0v) is 8.99. The maximum absolute atomic E-state index is 5.79. The van der Waals surface area contributed by atoms with Gasteiger partial charge in [0.1, 0.15) is 0 Å². The third-order valence-corrected chi connectivity index (χ3v) is 3.83. The molecule has 72 valence electrons. The van der Waals surface area contributed by atoms with E-state index >= 15 is 0 Å². The quantitative estimate of drug-likeness (QED) is 0.771. The maximum atomic E-state index is 5.79. The minimum absolute atomic E-state index is 0.306. The summed E-state index contributed by atoms with van der Waals surface area (Å²) >= 11 is 1.98. The predicted molar refractivity (Wildman–Crippen MR) is 58.3 cm³/mol. The van der Waals surface area contributed by atoms with E-state index in [1.165, 1.54) is 30.6 Å². The monoisotopic (exact) mass is 195 g/mol. The molecule has 1 nitrogen and oxygen atoms in total. The summed E-state index contributed by atoms with van der Waals surface area (Å²) in [6, 6.07) is 2.68. The van der Waals surface area contributed by atoms with Gasteiger partial charge < -0.3 is 5.73 Å². The molecule has 2 N–H and O–H groups in total. The maximum Gasteiger partial charge on any atom is 0.00801 e. The van der Waals surface area contributed by atoms with Crippen molar-refractivity contribution in [3.05, 3.63) is 21.4 Å². The molecule has 0 amide bonds. The van der Waals surface area contributed by atoms with Gasteiger partial charge in [0.2, 0.25) is 0 Å². The molecule has 1 aromatic rings. The van der Waals surface area contributed by atoms with E-state index in [1.54, 1.807) is 10.4 Å². The van der Waals surface area contributed by atoms with Crippen LogP contribution in [0, 0.1) is 0 Å². The first-order valence-corrected chi connectivity index (χ1v) is 5.93. The van der Waals surface area contributed by atoms with E-state index in [-0.39, 0.29) is 0 Å². The van der Waals surface area contributed by atoms with Gasteiger partial charge in [-0.25, -0.2) is 0 Å². The Bertz CT molecular complexity index is 265. The zero-order chi connectivity index (χ0) is 9.26. The van der Waals surface area contributed by atoms with E-state index in [0.717, 1.165) is 6.42 Å². The summed E-state index contributed by atoms with van der Waals surface area (Å²) in [6.45, 7) is 2.08. The zero-order valence-electron chi connectivity index (χ0n) is 8.18. The minimum atomic E-state index is 0.306. The van der Waals surface area contributed by atoms with Crippen LogP contribution in [0.1, 0.15) is 35.1 Å². The summed E-state index contributed by atoms with van der Waals surface area (Å²) in [5, 5.41) is 0. The van der Waals surface area contributed by atoms with Crippen LogP contribution in [-0.4, -0.2) is 6.04 Å². The third-order valence-electron chi connectivity index (χ3n) is 2.57. The van der Waals surface area contributed by atoms with Crippen molar-refractivity contribution in [3.8, 4) is 0 Å². The van der Waals surface area contributed by atoms with Gasteiger partial charge in [-0.2, -0.15) is 0 Å². The van der Waals surface area contributed by atoms with Crippen LogP contribution in [0.3, 0.4) is 0 Å². The smallest absolute Gasteiger partial charge is 0.00801 e. The molecule has 1 heterocycles. The lowest BCUT2D eigenvalue weighted by atomic mass is 9.99. The van der Waals surface area contributed by atoms with Gasteiger partial charge in [-0.1, -0.05) is 0 Å². The molecule has 0 unspecified atom stereocenters. The van der Waals surface area contributed by atoms with Gasteiger partial charge in [-0.05, 0) is 50.7 Å². The van der Waals surface area contributed by atoms with Gasteiger partial charge in [0.15, 0.2) is 0 Å². The Labute approximate surface area is 84.0 Å². The first-order valence-electron chi connectivity index (χ1n) is 5.12. The highest BCUT2D eigenvalue weighted by Crippen LogP contribution is 2.30. The lowest BCUT2D eigenvalue weighted by Crippen LogP contribution is -2.16. The van der Waals surface area contributed by atoms with Gasteiger partial charge in [-0.15, -0.1) is 11.3 Å². The Balaban J connectivity index is 2.15. The highest BCUT2D eigenvalue weighted by Gasteiger charge is 2.13. The predicted octanol–water partition coefficient (Wildman–Crippen LogP) is 2.52. The van der Waals surface area contributed by atoms with Crippen LogP contribution in [0.25, 0.3) is 0 Å². The first-order chi connectivity index (χ1) is 6.25. The summed E-state index contributed by atoms with van der Waals surface area (Å²) < 4.78 is 0. The summed E-state index contributed by atoms with van der Waals surface area (Å²) in [4.78, 5) is 3.11. The van der Waals surface area contributed by atoms with Crippen LogP contribution in [-0.2, 0) is 19.3 Å². The Morgan fingerprint density at radius 1 is 1.46 bits per heavy atom. The highest BCUT2D eigenvalue weighted by atomic mass is 32.1. The summed E-state index contributed by atoms with van der Waals surface area (Å²) in [5.74, 6) is 0. The number of thiophene rings is 1. The molecular weight excluding hydrogens is 178 g/mol. The number of rotatable bonds is 2. The molecule has 0 spiro atoms. The van der Waals surface area contributed by atoms with Gasteiger partial charge >= 0.3 is 0 Å². The fraction of sp³-hybridized carbons (Fsp3) is 0.636. The standard InChI is InChI=1S/C11H17NS/c1-8(12)6-10-7-9-4-2-3-5-11(9)13-10/h7-8H,2-6,12H2,1H3/t8-/m0/s1. The topological polar surface area (TPSA) is 26.0 Å². The van der Waals surface area contributed by atoms with Crippen LogP contribution >= 0.6 is 11.3 Å². The van der Waals surface area contributed by atoms with Crippen molar-refractivity contribution in [1.82, 2.24) is 0 Å².